The normalized spacial score (nSPS) is 11.1. The fourth-order valence-electron chi connectivity index (χ4n) is 2.34. The van der Waals surface area contributed by atoms with Crippen molar-refractivity contribution in [2.45, 2.75) is 18.4 Å². The summed E-state index contributed by atoms with van der Waals surface area (Å²) in [5.74, 6) is 0.227. The third-order valence-electron chi connectivity index (χ3n) is 3.77. The van der Waals surface area contributed by atoms with Crippen molar-refractivity contribution < 1.29 is 17.9 Å². The van der Waals surface area contributed by atoms with Gasteiger partial charge < -0.3 is 10.1 Å². The van der Waals surface area contributed by atoms with Crippen molar-refractivity contribution in [1.29, 1.82) is 0 Å². The number of amides is 1. The second kappa shape index (κ2) is 8.36. The van der Waals surface area contributed by atoms with Crippen LogP contribution in [0.1, 0.15) is 20.9 Å². The van der Waals surface area contributed by atoms with E-state index in [0.717, 1.165) is 16.9 Å². The minimum absolute atomic E-state index is 0.0729. The molecular weight excluding hydrogens is 400 g/mol. The molecule has 0 aliphatic carbocycles. The topological polar surface area (TPSA) is 110 Å². The molecule has 0 saturated heterocycles. The van der Waals surface area contributed by atoms with E-state index in [1.807, 2.05) is 6.07 Å². The number of pyridine rings is 1. The number of hydrogen-bond donors (Lipinski definition) is 2. The van der Waals surface area contributed by atoms with E-state index in [1.165, 1.54) is 19.2 Å². The lowest BCUT2D eigenvalue weighted by Crippen LogP contribution is -2.22. The second-order valence-electron chi connectivity index (χ2n) is 5.76. The van der Waals surface area contributed by atoms with Gasteiger partial charge in [0.15, 0.2) is 5.13 Å². The van der Waals surface area contributed by atoms with Crippen molar-refractivity contribution in [3.05, 3.63) is 64.9 Å². The number of methoxy groups -OCH3 is 1. The summed E-state index contributed by atoms with van der Waals surface area (Å²) in [5.41, 5.74) is 1.31. The Morgan fingerprint density at radius 2 is 1.96 bits per heavy atom. The summed E-state index contributed by atoms with van der Waals surface area (Å²) in [5, 5.41) is 2.90. The van der Waals surface area contributed by atoms with E-state index < -0.39 is 10.0 Å². The zero-order chi connectivity index (χ0) is 20.1. The summed E-state index contributed by atoms with van der Waals surface area (Å²) in [7, 11) is -2.32. The molecule has 0 radical (unpaired) electrons. The zero-order valence-corrected chi connectivity index (χ0v) is 16.8. The molecule has 3 aromatic rings. The molecule has 0 fully saturated rings. The van der Waals surface area contributed by atoms with Gasteiger partial charge in [-0.25, -0.2) is 13.4 Å². The number of benzene rings is 1. The molecule has 2 aromatic heterocycles. The first kappa shape index (κ1) is 19.8. The quantitative estimate of drug-likeness (QED) is 0.610. The highest BCUT2D eigenvalue weighted by atomic mass is 32.2. The molecule has 1 aromatic carbocycles. The van der Waals surface area contributed by atoms with Gasteiger partial charge >= 0.3 is 0 Å². The van der Waals surface area contributed by atoms with Crippen LogP contribution in [-0.2, 0) is 16.6 Å². The number of aromatic nitrogens is 2. The molecular formula is C18H18N4O4S2. The smallest absolute Gasteiger partial charge is 0.263 e. The van der Waals surface area contributed by atoms with E-state index in [-0.39, 0.29) is 15.9 Å². The average Bonchev–Trinajstić information content (AvgIpc) is 3.06. The van der Waals surface area contributed by atoms with E-state index in [0.29, 0.717) is 22.9 Å². The summed E-state index contributed by atoms with van der Waals surface area (Å²) in [6, 6.07) is 9.61. The number of carbonyl (C=O) groups excluding carboxylic acids is 1. The maximum Gasteiger partial charge on any atom is 0.263 e. The summed E-state index contributed by atoms with van der Waals surface area (Å²) < 4.78 is 32.5. The standard InChI is InChI=1S/C18H18N4O4S2/c1-12-16(17(23)20-11-13-4-3-9-19-10-13)27-18(21-12)22-28(24,25)15-7-5-14(26-2)6-8-15/h3-10H,11H2,1-2H3,(H,20,23)(H,21,22). The monoisotopic (exact) mass is 418 g/mol. The summed E-state index contributed by atoms with van der Waals surface area (Å²) in [4.78, 5) is 21.0. The van der Waals surface area contributed by atoms with Gasteiger partial charge in [-0.15, -0.1) is 0 Å². The van der Waals surface area contributed by atoms with Crippen LogP contribution in [0.3, 0.4) is 0 Å². The molecule has 0 atom stereocenters. The number of nitrogens with one attached hydrogen (secondary N) is 2. The van der Waals surface area contributed by atoms with Crippen LogP contribution in [0, 0.1) is 6.92 Å². The van der Waals surface area contributed by atoms with Gasteiger partial charge in [0.1, 0.15) is 10.6 Å². The van der Waals surface area contributed by atoms with Crippen LogP contribution in [0.4, 0.5) is 5.13 Å². The number of rotatable bonds is 7. The lowest BCUT2D eigenvalue weighted by Gasteiger charge is -2.06. The highest BCUT2D eigenvalue weighted by Crippen LogP contribution is 2.25. The predicted octanol–water partition coefficient (Wildman–Crippen LogP) is 2.59. The van der Waals surface area contributed by atoms with E-state index in [9.17, 15) is 13.2 Å². The van der Waals surface area contributed by atoms with Crippen LogP contribution >= 0.6 is 11.3 Å². The Labute approximate surface area is 166 Å². The maximum atomic E-state index is 12.5. The van der Waals surface area contributed by atoms with Gasteiger partial charge in [-0.05, 0) is 42.8 Å². The molecule has 146 valence electrons. The van der Waals surface area contributed by atoms with Crippen LogP contribution in [0.5, 0.6) is 5.75 Å². The van der Waals surface area contributed by atoms with Gasteiger partial charge in [0.25, 0.3) is 15.9 Å². The fourth-order valence-corrected chi connectivity index (χ4v) is 4.46. The Bertz CT molecular complexity index is 1060. The first-order chi connectivity index (χ1) is 13.4. The SMILES string of the molecule is COc1ccc(S(=O)(=O)Nc2nc(C)c(C(=O)NCc3cccnc3)s2)cc1. The van der Waals surface area contributed by atoms with Crippen molar-refractivity contribution in [3.63, 3.8) is 0 Å². The molecule has 0 aliphatic heterocycles. The van der Waals surface area contributed by atoms with Gasteiger partial charge in [-0.2, -0.15) is 0 Å². The van der Waals surface area contributed by atoms with Crippen molar-refractivity contribution in [1.82, 2.24) is 15.3 Å². The molecule has 0 bridgehead atoms. The fraction of sp³-hybridized carbons (Fsp3) is 0.167. The lowest BCUT2D eigenvalue weighted by atomic mass is 10.3. The third kappa shape index (κ3) is 4.65. The van der Waals surface area contributed by atoms with E-state index in [2.05, 4.69) is 20.0 Å². The molecule has 10 heteroatoms. The highest BCUT2D eigenvalue weighted by molar-refractivity contribution is 7.93. The van der Waals surface area contributed by atoms with Gasteiger partial charge in [0.05, 0.1) is 17.7 Å². The minimum Gasteiger partial charge on any atom is -0.497 e. The molecule has 2 heterocycles. The summed E-state index contributed by atoms with van der Waals surface area (Å²) in [6.45, 7) is 1.97. The Kier molecular flexibility index (Phi) is 5.90. The van der Waals surface area contributed by atoms with Crippen molar-refractivity contribution in [2.75, 3.05) is 11.8 Å². The Morgan fingerprint density at radius 1 is 1.21 bits per heavy atom. The largest absolute Gasteiger partial charge is 0.497 e. The highest BCUT2D eigenvalue weighted by Gasteiger charge is 2.20. The first-order valence-electron chi connectivity index (χ1n) is 8.20. The number of sulfonamides is 1. The van der Waals surface area contributed by atoms with Crippen molar-refractivity contribution in [3.8, 4) is 5.75 Å². The Morgan fingerprint density at radius 3 is 2.61 bits per heavy atom. The summed E-state index contributed by atoms with van der Waals surface area (Å²) >= 11 is 0.978. The maximum absolute atomic E-state index is 12.5. The third-order valence-corrected chi connectivity index (χ3v) is 6.33. The number of hydrogen-bond acceptors (Lipinski definition) is 7. The lowest BCUT2D eigenvalue weighted by molar-refractivity contribution is 0.0954. The van der Waals surface area contributed by atoms with Gasteiger partial charge in [-0.3, -0.25) is 14.5 Å². The molecule has 28 heavy (non-hydrogen) atoms. The number of aryl methyl sites for hydroxylation is 1. The van der Waals surface area contributed by atoms with Crippen LogP contribution < -0.4 is 14.8 Å². The minimum atomic E-state index is -3.82. The zero-order valence-electron chi connectivity index (χ0n) is 15.2. The average molecular weight is 419 g/mol. The van der Waals surface area contributed by atoms with Gasteiger partial charge in [-0.1, -0.05) is 17.4 Å². The number of anilines is 1. The van der Waals surface area contributed by atoms with E-state index in [4.69, 9.17) is 4.74 Å². The molecule has 8 nitrogen and oxygen atoms in total. The molecule has 0 spiro atoms. The molecule has 0 saturated carbocycles. The molecule has 3 rings (SSSR count). The predicted molar refractivity (Wildman–Crippen MR) is 106 cm³/mol. The number of nitrogens with zero attached hydrogens (tertiary/aromatic N) is 2. The van der Waals surface area contributed by atoms with Crippen LogP contribution in [0.15, 0.2) is 53.7 Å². The van der Waals surface area contributed by atoms with Crippen molar-refractivity contribution >= 4 is 32.4 Å². The van der Waals surface area contributed by atoms with Gasteiger partial charge in [0, 0.05) is 18.9 Å². The van der Waals surface area contributed by atoms with Crippen LogP contribution in [0.2, 0.25) is 0 Å². The summed E-state index contributed by atoms with van der Waals surface area (Å²) in [6.07, 6.45) is 3.31. The molecule has 2 N–H and O–H groups in total. The van der Waals surface area contributed by atoms with E-state index >= 15 is 0 Å². The van der Waals surface area contributed by atoms with Gasteiger partial charge in [0.2, 0.25) is 0 Å². The molecule has 1 amide bonds. The van der Waals surface area contributed by atoms with E-state index in [1.54, 1.807) is 37.5 Å². The van der Waals surface area contributed by atoms with Crippen molar-refractivity contribution in [2.24, 2.45) is 0 Å². The molecule has 0 unspecified atom stereocenters. The van der Waals surface area contributed by atoms with Crippen LogP contribution in [-0.4, -0.2) is 31.4 Å². The second-order valence-corrected chi connectivity index (χ2v) is 8.44. The van der Waals surface area contributed by atoms with Crippen LogP contribution in [0.25, 0.3) is 0 Å². The molecule has 0 aliphatic rings. The Hall–Kier alpha value is -2.98. The number of thiazole rings is 1. The number of carbonyl (C=O) groups is 1. The Balaban J connectivity index is 1.71. The number of ether oxygens (including phenoxy) is 1. The first-order valence-corrected chi connectivity index (χ1v) is 10.5.